The maximum atomic E-state index is 13.7. The molecule has 0 aliphatic carbocycles. The monoisotopic (exact) mass is 562 g/mol. The minimum Gasteiger partial charge on any atom is -0.463 e. The molecule has 0 spiro atoms. The van der Waals surface area contributed by atoms with E-state index in [0.29, 0.717) is 32.1 Å². The predicted molar refractivity (Wildman–Crippen MR) is 143 cm³/mol. The fourth-order valence-electron chi connectivity index (χ4n) is 4.18. The van der Waals surface area contributed by atoms with Crippen molar-refractivity contribution >= 4 is 39.3 Å². The number of thiazole rings is 1. The standard InChI is InChI=1S/C28H23BrN2O4S/c1-4-34-27(33)24-17(3)30-28-31(25(24)19-7-5-16(2)6-8-19)26(32)23(36-28)15-21-13-14-22(35-21)18-9-11-20(29)12-10-18/h5-15,25H,4H2,1-3H3/b23-15-/t25-/m1/s1. The number of nitrogens with zero attached hydrogens (tertiary/aromatic N) is 2. The van der Waals surface area contributed by atoms with Crippen LogP contribution in [0.5, 0.6) is 0 Å². The Morgan fingerprint density at radius 1 is 1.11 bits per heavy atom. The van der Waals surface area contributed by atoms with Gasteiger partial charge >= 0.3 is 5.97 Å². The number of aryl methyl sites for hydroxylation is 1. The number of allylic oxidation sites excluding steroid dienone is 1. The Morgan fingerprint density at radius 2 is 1.83 bits per heavy atom. The second-order valence-electron chi connectivity index (χ2n) is 8.42. The van der Waals surface area contributed by atoms with E-state index in [0.717, 1.165) is 21.2 Å². The number of hydrogen-bond acceptors (Lipinski definition) is 6. The van der Waals surface area contributed by atoms with Crippen LogP contribution in [0.25, 0.3) is 17.4 Å². The van der Waals surface area contributed by atoms with Crippen molar-refractivity contribution in [3.8, 4) is 11.3 Å². The molecule has 0 N–H and O–H groups in total. The maximum Gasteiger partial charge on any atom is 0.338 e. The molecule has 0 bridgehead atoms. The zero-order chi connectivity index (χ0) is 25.4. The number of esters is 1. The van der Waals surface area contributed by atoms with E-state index < -0.39 is 12.0 Å². The Balaban J connectivity index is 1.63. The molecule has 0 radical (unpaired) electrons. The summed E-state index contributed by atoms with van der Waals surface area (Å²) in [5.74, 6) is 0.801. The van der Waals surface area contributed by atoms with E-state index in [1.165, 1.54) is 11.3 Å². The number of fused-ring (bicyclic) bond motifs is 1. The van der Waals surface area contributed by atoms with E-state index in [-0.39, 0.29) is 12.2 Å². The lowest BCUT2D eigenvalue weighted by Gasteiger charge is -2.24. The SMILES string of the molecule is CCOC(=O)C1=C(C)N=c2s/c(=C\c3ccc(-c4ccc(Br)cc4)o3)c(=O)n2[C@@H]1c1ccc(C)cc1. The van der Waals surface area contributed by atoms with Crippen molar-refractivity contribution in [1.82, 2.24) is 4.57 Å². The van der Waals surface area contributed by atoms with Crippen molar-refractivity contribution in [2.75, 3.05) is 6.61 Å². The zero-order valence-corrected chi connectivity index (χ0v) is 22.4. The Labute approximate surface area is 220 Å². The quantitative estimate of drug-likeness (QED) is 0.316. The third-order valence-corrected chi connectivity index (χ3v) is 7.45. The average molecular weight is 563 g/mol. The highest BCUT2D eigenvalue weighted by molar-refractivity contribution is 9.10. The number of carbonyl (C=O) groups excluding carboxylic acids is 1. The van der Waals surface area contributed by atoms with Gasteiger partial charge in [-0.15, -0.1) is 0 Å². The van der Waals surface area contributed by atoms with Crippen molar-refractivity contribution < 1.29 is 13.9 Å². The van der Waals surface area contributed by atoms with Crippen molar-refractivity contribution in [3.05, 3.63) is 113 Å². The highest BCUT2D eigenvalue weighted by Gasteiger charge is 2.33. The Kier molecular flexibility index (Phi) is 6.64. The van der Waals surface area contributed by atoms with Crippen LogP contribution in [0, 0.1) is 6.92 Å². The van der Waals surface area contributed by atoms with E-state index in [4.69, 9.17) is 9.15 Å². The van der Waals surface area contributed by atoms with E-state index in [1.807, 2.05) is 67.6 Å². The van der Waals surface area contributed by atoms with Gasteiger partial charge in [0.2, 0.25) is 0 Å². The number of ether oxygens (including phenoxy) is 1. The molecule has 3 heterocycles. The van der Waals surface area contributed by atoms with Gasteiger partial charge in [0, 0.05) is 16.1 Å². The molecule has 0 amide bonds. The number of hydrogen-bond donors (Lipinski definition) is 0. The summed E-state index contributed by atoms with van der Waals surface area (Å²) >= 11 is 4.71. The van der Waals surface area contributed by atoms with Gasteiger partial charge in [-0.1, -0.05) is 69.2 Å². The first-order chi connectivity index (χ1) is 17.4. The topological polar surface area (TPSA) is 73.8 Å². The van der Waals surface area contributed by atoms with Crippen molar-refractivity contribution in [3.63, 3.8) is 0 Å². The van der Waals surface area contributed by atoms with Gasteiger partial charge in [-0.2, -0.15) is 0 Å². The zero-order valence-electron chi connectivity index (χ0n) is 19.9. The van der Waals surface area contributed by atoms with Crippen LogP contribution in [0.15, 0.2) is 90.6 Å². The fourth-order valence-corrected chi connectivity index (χ4v) is 5.48. The molecule has 1 aliphatic heterocycles. The Bertz CT molecular complexity index is 1660. The number of aromatic nitrogens is 1. The third kappa shape index (κ3) is 4.54. The van der Waals surface area contributed by atoms with Crippen molar-refractivity contribution in [1.29, 1.82) is 0 Å². The molecule has 4 aromatic rings. The molecule has 2 aromatic heterocycles. The summed E-state index contributed by atoms with van der Waals surface area (Å²) in [7, 11) is 0. The van der Waals surface area contributed by atoms with Crippen LogP contribution in [-0.2, 0) is 9.53 Å². The first-order valence-corrected chi connectivity index (χ1v) is 13.1. The molecule has 5 rings (SSSR count). The molecule has 36 heavy (non-hydrogen) atoms. The lowest BCUT2D eigenvalue weighted by atomic mass is 9.95. The summed E-state index contributed by atoms with van der Waals surface area (Å²) in [4.78, 5) is 31.8. The number of halogens is 1. The Morgan fingerprint density at radius 3 is 2.53 bits per heavy atom. The molecule has 2 aromatic carbocycles. The minimum absolute atomic E-state index is 0.236. The average Bonchev–Trinajstić information content (AvgIpc) is 3.44. The van der Waals surface area contributed by atoms with Crippen molar-refractivity contribution in [2.45, 2.75) is 26.8 Å². The van der Waals surface area contributed by atoms with Crippen LogP contribution >= 0.6 is 27.3 Å². The largest absolute Gasteiger partial charge is 0.463 e. The van der Waals surface area contributed by atoms with Crippen LogP contribution < -0.4 is 14.9 Å². The summed E-state index contributed by atoms with van der Waals surface area (Å²) in [6.07, 6.45) is 1.72. The van der Waals surface area contributed by atoms with Gasteiger partial charge in [-0.25, -0.2) is 9.79 Å². The minimum atomic E-state index is -0.627. The van der Waals surface area contributed by atoms with Gasteiger partial charge in [0.25, 0.3) is 5.56 Å². The van der Waals surface area contributed by atoms with Crippen LogP contribution in [0.1, 0.15) is 36.8 Å². The van der Waals surface area contributed by atoms with Gasteiger partial charge in [0.15, 0.2) is 4.80 Å². The molecule has 1 atom stereocenters. The van der Waals surface area contributed by atoms with E-state index in [2.05, 4.69) is 20.9 Å². The molecular formula is C28H23BrN2O4S. The fraction of sp³-hybridized carbons (Fsp3) is 0.179. The number of carbonyl (C=O) groups is 1. The summed E-state index contributed by atoms with van der Waals surface area (Å²) in [6.45, 7) is 5.77. The second kappa shape index (κ2) is 9.87. The highest BCUT2D eigenvalue weighted by atomic mass is 79.9. The molecule has 0 saturated heterocycles. The van der Waals surface area contributed by atoms with Gasteiger partial charge in [-0.3, -0.25) is 9.36 Å². The van der Waals surface area contributed by atoms with Gasteiger partial charge in [0.1, 0.15) is 11.5 Å². The smallest absolute Gasteiger partial charge is 0.338 e. The van der Waals surface area contributed by atoms with Crippen LogP contribution in [-0.4, -0.2) is 17.1 Å². The first-order valence-electron chi connectivity index (χ1n) is 11.5. The van der Waals surface area contributed by atoms with Crippen LogP contribution in [0.3, 0.4) is 0 Å². The van der Waals surface area contributed by atoms with Crippen molar-refractivity contribution in [2.24, 2.45) is 4.99 Å². The lowest BCUT2D eigenvalue weighted by Crippen LogP contribution is -2.39. The van der Waals surface area contributed by atoms with Gasteiger partial charge < -0.3 is 9.15 Å². The molecule has 6 nitrogen and oxygen atoms in total. The normalized spacial score (nSPS) is 15.6. The third-order valence-electron chi connectivity index (χ3n) is 5.94. The van der Waals surface area contributed by atoms with Crippen LogP contribution in [0.2, 0.25) is 0 Å². The molecule has 0 unspecified atom stereocenters. The number of furan rings is 1. The summed E-state index contributed by atoms with van der Waals surface area (Å²) in [5, 5.41) is 0. The van der Waals surface area contributed by atoms with E-state index >= 15 is 0 Å². The molecule has 8 heteroatoms. The number of benzene rings is 2. The first kappa shape index (κ1) is 24.2. The molecular weight excluding hydrogens is 540 g/mol. The molecule has 1 aliphatic rings. The van der Waals surface area contributed by atoms with Crippen LogP contribution in [0.4, 0.5) is 0 Å². The summed E-state index contributed by atoms with van der Waals surface area (Å²) < 4.78 is 14.4. The predicted octanol–water partition coefficient (Wildman–Crippen LogP) is 5.13. The Hall–Kier alpha value is -3.49. The number of rotatable bonds is 5. The lowest BCUT2D eigenvalue weighted by molar-refractivity contribution is -0.139. The summed E-state index contributed by atoms with van der Waals surface area (Å²) in [6, 6.07) is 18.7. The maximum absolute atomic E-state index is 13.7. The summed E-state index contributed by atoms with van der Waals surface area (Å²) in [5.41, 5.74) is 3.52. The molecule has 182 valence electrons. The van der Waals surface area contributed by atoms with Gasteiger partial charge in [0.05, 0.1) is 28.5 Å². The van der Waals surface area contributed by atoms with Gasteiger partial charge in [-0.05, 0) is 50.6 Å². The second-order valence-corrected chi connectivity index (χ2v) is 10.3. The van der Waals surface area contributed by atoms with E-state index in [9.17, 15) is 9.59 Å². The molecule has 0 fully saturated rings. The van der Waals surface area contributed by atoms with E-state index in [1.54, 1.807) is 24.5 Å². The molecule has 0 saturated carbocycles. The highest BCUT2D eigenvalue weighted by Crippen LogP contribution is 2.31.